The maximum atomic E-state index is 13.4. The topological polar surface area (TPSA) is 92.9 Å². The summed E-state index contributed by atoms with van der Waals surface area (Å²) in [6.07, 6.45) is 0. The number of ketones is 1. The summed E-state index contributed by atoms with van der Waals surface area (Å²) < 4.78 is 11.0. The van der Waals surface area contributed by atoms with Gasteiger partial charge in [0.15, 0.2) is 5.76 Å². The number of aryl methyl sites for hydroxylation is 3. The highest BCUT2D eigenvalue weighted by Gasteiger charge is 2.46. The van der Waals surface area contributed by atoms with Gasteiger partial charge in [-0.1, -0.05) is 0 Å². The number of hydrogen-bond acceptors (Lipinski definition) is 7. The number of methoxy groups -OCH3 is 1. The zero-order valence-corrected chi connectivity index (χ0v) is 17.7. The summed E-state index contributed by atoms with van der Waals surface area (Å²) in [5.74, 6) is -0.0288. The van der Waals surface area contributed by atoms with Gasteiger partial charge >= 0.3 is 0 Å². The third-order valence-corrected chi connectivity index (χ3v) is 6.02. The molecule has 3 heterocycles. The average molecular weight is 424 g/mol. The number of ether oxygens (including phenoxy) is 1. The van der Waals surface area contributed by atoms with E-state index in [9.17, 15) is 14.7 Å². The highest BCUT2D eigenvalue weighted by atomic mass is 32.1. The highest BCUT2D eigenvalue weighted by molar-refractivity contribution is 7.14. The van der Waals surface area contributed by atoms with Gasteiger partial charge in [0.1, 0.15) is 23.3 Å². The summed E-state index contributed by atoms with van der Waals surface area (Å²) in [5.41, 5.74) is 1.05. The molecule has 0 bridgehead atoms. The number of anilines is 1. The number of benzene rings is 1. The number of nitrogens with zero attached hydrogens (tertiary/aromatic N) is 2. The molecule has 0 saturated heterocycles. The summed E-state index contributed by atoms with van der Waals surface area (Å²) in [4.78, 5) is 32.5. The van der Waals surface area contributed by atoms with Crippen LogP contribution in [-0.2, 0) is 4.79 Å². The number of rotatable bonds is 5. The van der Waals surface area contributed by atoms with Crippen LogP contribution >= 0.6 is 11.3 Å². The molecule has 1 aromatic carbocycles. The highest BCUT2D eigenvalue weighted by Crippen LogP contribution is 2.43. The van der Waals surface area contributed by atoms with Crippen molar-refractivity contribution in [3.63, 3.8) is 0 Å². The Kier molecular flexibility index (Phi) is 4.95. The minimum atomic E-state index is -0.895. The van der Waals surface area contributed by atoms with Crippen molar-refractivity contribution in [3.05, 3.63) is 74.8 Å². The molecule has 30 heavy (non-hydrogen) atoms. The Labute approximate surface area is 177 Å². The predicted molar refractivity (Wildman–Crippen MR) is 112 cm³/mol. The molecule has 1 N–H and O–H groups in total. The number of furan rings is 1. The minimum absolute atomic E-state index is 0.0167. The first-order chi connectivity index (χ1) is 14.3. The van der Waals surface area contributed by atoms with E-state index in [4.69, 9.17) is 9.15 Å². The third-order valence-electron chi connectivity index (χ3n) is 4.94. The van der Waals surface area contributed by atoms with E-state index in [1.165, 1.54) is 16.2 Å². The van der Waals surface area contributed by atoms with Crippen molar-refractivity contribution in [2.75, 3.05) is 12.0 Å². The molecule has 1 aliphatic rings. The number of hydrogen-bond donors (Lipinski definition) is 1. The Morgan fingerprint density at radius 3 is 2.40 bits per heavy atom. The number of aromatic nitrogens is 1. The molecule has 154 valence electrons. The standard InChI is InChI=1S/C22H20N2O5S/c1-11-5-10-16(29-11)18-17(19(25)21-12(2)23-13(3)30-21)20(26)22(27)24(18)14-6-8-15(28-4)9-7-14/h5-10,18,26H,1-4H3. The van der Waals surface area contributed by atoms with Gasteiger partial charge in [0.25, 0.3) is 5.91 Å². The first kappa shape index (κ1) is 19.9. The first-order valence-corrected chi connectivity index (χ1v) is 10.1. The second kappa shape index (κ2) is 7.46. The van der Waals surface area contributed by atoms with Gasteiger partial charge in [-0.25, -0.2) is 4.98 Å². The van der Waals surface area contributed by atoms with E-state index in [2.05, 4.69) is 4.98 Å². The molecular formula is C22H20N2O5S. The maximum absolute atomic E-state index is 13.4. The van der Waals surface area contributed by atoms with Crippen LogP contribution in [0.3, 0.4) is 0 Å². The summed E-state index contributed by atoms with van der Waals surface area (Å²) in [6.45, 7) is 5.32. The zero-order chi connectivity index (χ0) is 21.6. The predicted octanol–water partition coefficient (Wildman–Crippen LogP) is 4.45. The van der Waals surface area contributed by atoms with Crippen LogP contribution in [0.15, 0.2) is 52.1 Å². The number of aliphatic hydroxyl groups is 1. The van der Waals surface area contributed by atoms with Crippen LogP contribution in [0, 0.1) is 20.8 Å². The molecule has 1 aliphatic heterocycles. The quantitative estimate of drug-likeness (QED) is 0.608. The second-order valence-electron chi connectivity index (χ2n) is 6.96. The van der Waals surface area contributed by atoms with Crippen LogP contribution in [-0.4, -0.2) is 28.9 Å². The molecule has 2 aromatic heterocycles. The second-order valence-corrected chi connectivity index (χ2v) is 8.17. The number of thiazole rings is 1. The van der Waals surface area contributed by atoms with E-state index >= 15 is 0 Å². The van der Waals surface area contributed by atoms with Crippen molar-refractivity contribution < 1.29 is 23.8 Å². The lowest BCUT2D eigenvalue weighted by molar-refractivity contribution is -0.117. The SMILES string of the molecule is COc1ccc(N2C(=O)C(O)=C(C(=O)c3sc(C)nc3C)C2c2ccc(C)o2)cc1. The van der Waals surface area contributed by atoms with Gasteiger partial charge in [-0.3, -0.25) is 14.5 Å². The fourth-order valence-electron chi connectivity index (χ4n) is 3.58. The number of carbonyl (C=O) groups excluding carboxylic acids is 2. The van der Waals surface area contributed by atoms with Crippen molar-refractivity contribution in [2.24, 2.45) is 0 Å². The Hall–Kier alpha value is -3.39. The van der Waals surface area contributed by atoms with E-state index in [0.717, 1.165) is 5.01 Å². The largest absolute Gasteiger partial charge is 0.503 e. The van der Waals surface area contributed by atoms with E-state index in [1.54, 1.807) is 64.3 Å². The lowest BCUT2D eigenvalue weighted by atomic mass is 9.99. The molecule has 0 spiro atoms. The maximum Gasteiger partial charge on any atom is 0.294 e. The molecule has 0 fully saturated rings. The van der Waals surface area contributed by atoms with Crippen molar-refractivity contribution in [1.29, 1.82) is 0 Å². The van der Waals surface area contributed by atoms with E-state index in [0.29, 0.717) is 33.5 Å². The van der Waals surface area contributed by atoms with Crippen LogP contribution in [0.1, 0.15) is 37.9 Å². The van der Waals surface area contributed by atoms with Gasteiger partial charge in [0.2, 0.25) is 5.78 Å². The molecule has 3 aromatic rings. The molecule has 0 saturated carbocycles. The normalized spacial score (nSPS) is 16.5. The van der Waals surface area contributed by atoms with Gasteiger partial charge < -0.3 is 14.3 Å². The number of Topliss-reactive ketones (excluding diaryl/α,β-unsaturated/α-hetero) is 1. The Morgan fingerprint density at radius 1 is 1.17 bits per heavy atom. The average Bonchev–Trinajstić information content (AvgIpc) is 3.38. The van der Waals surface area contributed by atoms with Crippen molar-refractivity contribution in [1.82, 2.24) is 4.98 Å². The summed E-state index contributed by atoms with van der Waals surface area (Å²) in [7, 11) is 1.55. The Balaban J connectivity index is 1.86. The van der Waals surface area contributed by atoms with Gasteiger partial charge in [-0.05, 0) is 57.2 Å². The molecule has 1 unspecified atom stereocenters. The van der Waals surface area contributed by atoms with Gasteiger partial charge in [0.05, 0.1) is 28.3 Å². The Morgan fingerprint density at radius 2 is 1.87 bits per heavy atom. The first-order valence-electron chi connectivity index (χ1n) is 9.27. The van der Waals surface area contributed by atoms with Crippen LogP contribution < -0.4 is 9.64 Å². The van der Waals surface area contributed by atoms with E-state index < -0.39 is 23.5 Å². The number of carbonyl (C=O) groups is 2. The third kappa shape index (κ3) is 3.19. The molecule has 1 amide bonds. The molecule has 8 heteroatoms. The molecule has 0 aliphatic carbocycles. The van der Waals surface area contributed by atoms with Crippen LogP contribution in [0.5, 0.6) is 5.75 Å². The zero-order valence-electron chi connectivity index (χ0n) is 16.9. The fraction of sp³-hybridized carbons (Fsp3) is 0.227. The van der Waals surface area contributed by atoms with Crippen LogP contribution in [0.25, 0.3) is 0 Å². The Bertz CT molecular complexity index is 1170. The number of aliphatic hydroxyl groups excluding tert-OH is 1. The van der Waals surface area contributed by atoms with Crippen molar-refractivity contribution >= 4 is 28.7 Å². The molecular weight excluding hydrogens is 404 g/mol. The minimum Gasteiger partial charge on any atom is -0.503 e. The van der Waals surface area contributed by atoms with E-state index in [1.807, 2.05) is 0 Å². The molecule has 1 atom stereocenters. The summed E-state index contributed by atoms with van der Waals surface area (Å²) in [5, 5.41) is 11.5. The molecule has 7 nitrogen and oxygen atoms in total. The lowest BCUT2D eigenvalue weighted by Gasteiger charge is -2.25. The number of amides is 1. The fourth-order valence-corrected chi connectivity index (χ4v) is 4.45. The van der Waals surface area contributed by atoms with Gasteiger partial charge in [-0.2, -0.15) is 0 Å². The summed E-state index contributed by atoms with van der Waals surface area (Å²) in [6, 6.07) is 9.38. The monoisotopic (exact) mass is 424 g/mol. The van der Waals surface area contributed by atoms with E-state index in [-0.39, 0.29) is 5.57 Å². The van der Waals surface area contributed by atoms with Gasteiger partial charge in [-0.15, -0.1) is 11.3 Å². The summed E-state index contributed by atoms with van der Waals surface area (Å²) >= 11 is 1.23. The van der Waals surface area contributed by atoms with Crippen molar-refractivity contribution in [2.45, 2.75) is 26.8 Å². The van der Waals surface area contributed by atoms with Gasteiger partial charge in [0, 0.05) is 5.69 Å². The molecule has 0 radical (unpaired) electrons. The van der Waals surface area contributed by atoms with Crippen molar-refractivity contribution in [3.8, 4) is 5.75 Å². The van der Waals surface area contributed by atoms with Crippen LogP contribution in [0.4, 0.5) is 5.69 Å². The van der Waals surface area contributed by atoms with Crippen LogP contribution in [0.2, 0.25) is 0 Å². The lowest BCUT2D eigenvalue weighted by Crippen LogP contribution is -2.30. The smallest absolute Gasteiger partial charge is 0.294 e. The molecule has 4 rings (SSSR count).